The first-order chi connectivity index (χ1) is 12.5. The van der Waals surface area contributed by atoms with Crippen LogP contribution in [0.1, 0.15) is 18.9 Å². The number of carbonyl (C=O) groups is 3. The second-order valence-electron chi connectivity index (χ2n) is 6.01. The molecule has 1 aliphatic heterocycles. The van der Waals surface area contributed by atoms with Crippen LogP contribution < -0.4 is 5.32 Å². The van der Waals surface area contributed by atoms with Gasteiger partial charge in [-0.1, -0.05) is 17.7 Å². The molecule has 1 heterocycles. The van der Waals surface area contributed by atoms with E-state index in [0.717, 1.165) is 16.2 Å². The van der Waals surface area contributed by atoms with E-state index in [2.05, 4.69) is 5.32 Å². The smallest absolute Gasteiger partial charge is 0.256 e. The summed E-state index contributed by atoms with van der Waals surface area (Å²) in [6.45, 7) is 5.07. The van der Waals surface area contributed by atoms with Crippen molar-refractivity contribution in [2.45, 2.75) is 20.3 Å². The van der Waals surface area contributed by atoms with E-state index in [1.54, 1.807) is 6.92 Å². The summed E-state index contributed by atoms with van der Waals surface area (Å²) >= 11 is 0. The molecule has 0 fully saturated rings. The highest BCUT2D eigenvalue weighted by Crippen LogP contribution is 2.11. The van der Waals surface area contributed by atoms with Gasteiger partial charge >= 0.3 is 0 Å². The van der Waals surface area contributed by atoms with Crippen LogP contribution in [0.25, 0.3) is 0 Å². The molecule has 1 N–H and O–H groups in total. The summed E-state index contributed by atoms with van der Waals surface area (Å²) in [7, 11) is 0. The largest absolute Gasteiger partial charge is 0.379 e. The third kappa shape index (κ3) is 6.09. The number of anilines is 1. The van der Waals surface area contributed by atoms with Crippen molar-refractivity contribution in [1.29, 1.82) is 0 Å². The first-order valence-corrected chi connectivity index (χ1v) is 8.53. The normalized spacial score (nSPS) is 13.9. The molecule has 140 valence electrons. The van der Waals surface area contributed by atoms with Gasteiger partial charge in [-0.3, -0.25) is 19.3 Å². The number of benzene rings is 1. The minimum Gasteiger partial charge on any atom is -0.379 e. The SMILES string of the molecule is CC1=CC(=O)N(CCOCCOCCC(=O)Nc2ccc(C)cc2)C1=O. The Labute approximate surface area is 153 Å². The molecule has 0 radical (unpaired) electrons. The molecule has 0 bridgehead atoms. The van der Waals surface area contributed by atoms with Crippen molar-refractivity contribution in [1.82, 2.24) is 4.90 Å². The van der Waals surface area contributed by atoms with Gasteiger partial charge in [-0.25, -0.2) is 0 Å². The summed E-state index contributed by atoms with van der Waals surface area (Å²) in [5.74, 6) is -0.676. The zero-order valence-corrected chi connectivity index (χ0v) is 15.1. The standard InChI is InChI=1S/C19H24N2O5/c1-14-3-5-16(6-4-14)20-17(22)7-9-25-11-12-26-10-8-21-18(23)13-15(2)19(21)24/h3-6,13H,7-12H2,1-2H3,(H,20,22). The van der Waals surface area contributed by atoms with Crippen LogP contribution >= 0.6 is 0 Å². The van der Waals surface area contributed by atoms with E-state index in [-0.39, 0.29) is 37.3 Å². The summed E-state index contributed by atoms with van der Waals surface area (Å²) in [4.78, 5) is 36.1. The Morgan fingerprint density at radius 3 is 2.27 bits per heavy atom. The number of amides is 3. The lowest BCUT2D eigenvalue weighted by molar-refractivity contribution is -0.138. The number of aryl methyl sites for hydroxylation is 1. The van der Waals surface area contributed by atoms with Crippen LogP contribution in [-0.2, 0) is 23.9 Å². The van der Waals surface area contributed by atoms with Crippen molar-refractivity contribution in [2.75, 3.05) is 38.3 Å². The lowest BCUT2D eigenvalue weighted by Gasteiger charge is -2.14. The lowest BCUT2D eigenvalue weighted by Crippen LogP contribution is -2.34. The maximum absolute atomic E-state index is 11.8. The molecule has 0 saturated heterocycles. The van der Waals surface area contributed by atoms with Crippen molar-refractivity contribution >= 4 is 23.4 Å². The molecule has 1 aromatic carbocycles. The summed E-state index contributed by atoms with van der Waals surface area (Å²) in [5, 5.41) is 2.80. The lowest BCUT2D eigenvalue weighted by atomic mass is 10.2. The molecule has 7 heteroatoms. The second kappa shape index (κ2) is 9.84. The molecule has 1 aromatic rings. The summed E-state index contributed by atoms with van der Waals surface area (Å²) in [6, 6.07) is 7.58. The number of hydrogen-bond acceptors (Lipinski definition) is 5. The number of hydrogen-bond donors (Lipinski definition) is 1. The van der Waals surface area contributed by atoms with Gasteiger partial charge in [0.25, 0.3) is 11.8 Å². The average Bonchev–Trinajstić information content (AvgIpc) is 2.85. The van der Waals surface area contributed by atoms with Crippen LogP contribution in [0.3, 0.4) is 0 Å². The van der Waals surface area contributed by atoms with E-state index in [1.807, 2.05) is 31.2 Å². The second-order valence-corrected chi connectivity index (χ2v) is 6.01. The van der Waals surface area contributed by atoms with Crippen molar-refractivity contribution in [2.24, 2.45) is 0 Å². The Morgan fingerprint density at radius 1 is 1.00 bits per heavy atom. The van der Waals surface area contributed by atoms with Gasteiger partial charge in [-0.05, 0) is 26.0 Å². The van der Waals surface area contributed by atoms with Crippen LogP contribution in [0.5, 0.6) is 0 Å². The monoisotopic (exact) mass is 360 g/mol. The molecule has 2 rings (SSSR count). The molecule has 0 unspecified atom stereocenters. The number of rotatable bonds is 10. The topological polar surface area (TPSA) is 84.9 Å². The van der Waals surface area contributed by atoms with Gasteiger partial charge in [-0.2, -0.15) is 0 Å². The Balaban J connectivity index is 1.48. The Bertz CT molecular complexity index is 682. The number of ether oxygens (including phenoxy) is 2. The molecular weight excluding hydrogens is 336 g/mol. The molecule has 1 aliphatic rings. The third-order valence-electron chi connectivity index (χ3n) is 3.83. The average molecular weight is 360 g/mol. The van der Waals surface area contributed by atoms with Gasteiger partial charge in [-0.15, -0.1) is 0 Å². The molecular formula is C19H24N2O5. The van der Waals surface area contributed by atoms with E-state index in [4.69, 9.17) is 9.47 Å². The molecule has 7 nitrogen and oxygen atoms in total. The van der Waals surface area contributed by atoms with Gasteiger partial charge in [0.15, 0.2) is 0 Å². The van der Waals surface area contributed by atoms with Gasteiger partial charge in [0.2, 0.25) is 5.91 Å². The van der Waals surface area contributed by atoms with Gasteiger partial charge in [0.05, 0.1) is 39.4 Å². The van der Waals surface area contributed by atoms with Gasteiger partial charge in [0.1, 0.15) is 0 Å². The molecule has 0 aliphatic carbocycles. The molecule has 0 saturated carbocycles. The zero-order chi connectivity index (χ0) is 18.9. The van der Waals surface area contributed by atoms with Crippen molar-refractivity contribution in [3.63, 3.8) is 0 Å². The Kier molecular flexibility index (Phi) is 7.50. The van der Waals surface area contributed by atoms with Gasteiger partial charge < -0.3 is 14.8 Å². The molecule has 3 amide bonds. The van der Waals surface area contributed by atoms with Crippen LogP contribution in [0.2, 0.25) is 0 Å². The zero-order valence-electron chi connectivity index (χ0n) is 15.1. The van der Waals surface area contributed by atoms with Crippen LogP contribution in [0.15, 0.2) is 35.9 Å². The maximum atomic E-state index is 11.8. The van der Waals surface area contributed by atoms with Crippen LogP contribution in [-0.4, -0.2) is 55.6 Å². The first kappa shape index (κ1) is 19.8. The summed E-state index contributed by atoms with van der Waals surface area (Å²) in [6.07, 6.45) is 1.59. The molecule has 0 atom stereocenters. The fourth-order valence-electron chi connectivity index (χ4n) is 2.35. The number of carbonyl (C=O) groups excluding carboxylic acids is 3. The highest BCUT2D eigenvalue weighted by molar-refractivity contribution is 6.15. The maximum Gasteiger partial charge on any atom is 0.256 e. The predicted octanol–water partition coefficient (Wildman–Crippen LogP) is 1.67. The Morgan fingerprint density at radius 2 is 1.65 bits per heavy atom. The van der Waals surface area contributed by atoms with Crippen molar-refractivity contribution in [3.8, 4) is 0 Å². The van der Waals surface area contributed by atoms with Crippen LogP contribution in [0.4, 0.5) is 5.69 Å². The highest BCUT2D eigenvalue weighted by Gasteiger charge is 2.27. The van der Waals surface area contributed by atoms with Crippen LogP contribution in [0, 0.1) is 6.92 Å². The predicted molar refractivity (Wildman–Crippen MR) is 96.5 cm³/mol. The van der Waals surface area contributed by atoms with E-state index in [0.29, 0.717) is 25.4 Å². The van der Waals surface area contributed by atoms with E-state index >= 15 is 0 Å². The number of nitrogens with one attached hydrogen (secondary N) is 1. The molecule has 0 spiro atoms. The van der Waals surface area contributed by atoms with E-state index < -0.39 is 0 Å². The van der Waals surface area contributed by atoms with E-state index in [1.165, 1.54) is 6.08 Å². The van der Waals surface area contributed by atoms with Crippen molar-refractivity contribution < 1.29 is 23.9 Å². The van der Waals surface area contributed by atoms with Crippen molar-refractivity contribution in [3.05, 3.63) is 41.5 Å². The summed E-state index contributed by atoms with van der Waals surface area (Å²) in [5.41, 5.74) is 2.35. The molecule has 0 aromatic heterocycles. The third-order valence-corrected chi connectivity index (χ3v) is 3.83. The number of nitrogens with zero attached hydrogens (tertiary/aromatic N) is 1. The quantitative estimate of drug-likeness (QED) is 0.507. The van der Waals surface area contributed by atoms with E-state index in [9.17, 15) is 14.4 Å². The fourth-order valence-corrected chi connectivity index (χ4v) is 2.35. The van der Waals surface area contributed by atoms with Gasteiger partial charge in [0, 0.05) is 17.3 Å². The minimum atomic E-state index is -0.299. The minimum absolute atomic E-state index is 0.108. The summed E-state index contributed by atoms with van der Waals surface area (Å²) < 4.78 is 10.7. The number of imide groups is 1. The first-order valence-electron chi connectivity index (χ1n) is 8.53. The highest BCUT2D eigenvalue weighted by atomic mass is 16.5. The molecule has 26 heavy (non-hydrogen) atoms. The fraction of sp³-hybridized carbons (Fsp3) is 0.421. The Hall–Kier alpha value is -2.51.